The zero-order valence-electron chi connectivity index (χ0n) is 9.32. The van der Waals surface area contributed by atoms with Crippen LogP contribution in [0, 0.1) is 0 Å². The van der Waals surface area contributed by atoms with Gasteiger partial charge in [0.25, 0.3) is 0 Å². The van der Waals surface area contributed by atoms with Gasteiger partial charge in [-0.3, -0.25) is 0 Å². The number of rotatable bonds is 3. The van der Waals surface area contributed by atoms with E-state index in [1.165, 1.54) is 18.4 Å². The van der Waals surface area contributed by atoms with Gasteiger partial charge in [0, 0.05) is 18.1 Å². The molecular weight excluding hydrogens is 184 g/mol. The lowest BCUT2D eigenvalue weighted by molar-refractivity contribution is 0.457. The molecule has 0 aromatic heterocycles. The van der Waals surface area contributed by atoms with Gasteiger partial charge in [0.15, 0.2) is 0 Å². The highest BCUT2D eigenvalue weighted by Crippen LogP contribution is 2.21. The molecule has 3 atom stereocenters. The minimum atomic E-state index is 0.408. The topological polar surface area (TPSA) is 38.0 Å². The molecule has 0 amide bonds. The Morgan fingerprint density at radius 3 is 2.60 bits per heavy atom. The fraction of sp³-hybridized carbons (Fsp3) is 0.538. The highest BCUT2D eigenvalue weighted by Gasteiger charge is 2.22. The minimum absolute atomic E-state index is 0.408. The van der Waals surface area contributed by atoms with Crippen LogP contribution in [0.2, 0.25) is 0 Å². The van der Waals surface area contributed by atoms with E-state index < -0.39 is 0 Å². The van der Waals surface area contributed by atoms with Crippen molar-refractivity contribution in [2.24, 2.45) is 5.73 Å². The van der Waals surface area contributed by atoms with Gasteiger partial charge >= 0.3 is 0 Å². The number of nitrogens with one attached hydrogen (secondary N) is 1. The zero-order valence-corrected chi connectivity index (χ0v) is 9.32. The van der Waals surface area contributed by atoms with Crippen LogP contribution >= 0.6 is 0 Å². The maximum atomic E-state index is 5.90. The second kappa shape index (κ2) is 4.77. The molecule has 0 heterocycles. The van der Waals surface area contributed by atoms with E-state index in [0.717, 1.165) is 6.42 Å². The molecule has 3 N–H and O–H groups in total. The van der Waals surface area contributed by atoms with Crippen LogP contribution in [0.15, 0.2) is 30.3 Å². The Kier molecular flexibility index (Phi) is 3.39. The van der Waals surface area contributed by atoms with Crippen molar-refractivity contribution >= 4 is 0 Å². The molecule has 1 fully saturated rings. The molecule has 1 aromatic rings. The average Bonchev–Trinajstić information content (AvgIpc) is 2.65. The highest BCUT2D eigenvalue weighted by molar-refractivity contribution is 5.18. The highest BCUT2D eigenvalue weighted by atomic mass is 15.0. The van der Waals surface area contributed by atoms with Crippen LogP contribution in [0.5, 0.6) is 0 Å². The third kappa shape index (κ3) is 2.80. The van der Waals surface area contributed by atoms with E-state index in [1.54, 1.807) is 0 Å². The summed E-state index contributed by atoms with van der Waals surface area (Å²) in [6.07, 6.45) is 3.51. The molecule has 0 radical (unpaired) electrons. The molecule has 0 aliphatic heterocycles. The summed E-state index contributed by atoms with van der Waals surface area (Å²) in [5, 5.41) is 3.65. The van der Waals surface area contributed by atoms with E-state index in [2.05, 4.69) is 42.6 Å². The van der Waals surface area contributed by atoms with E-state index in [0.29, 0.717) is 18.1 Å². The van der Waals surface area contributed by atoms with Gasteiger partial charge in [0.2, 0.25) is 0 Å². The molecule has 2 heteroatoms. The molecule has 1 aliphatic rings. The van der Waals surface area contributed by atoms with Crippen LogP contribution in [0.25, 0.3) is 0 Å². The molecule has 82 valence electrons. The smallest absolute Gasteiger partial charge is 0.0294 e. The van der Waals surface area contributed by atoms with Crippen LogP contribution in [0.3, 0.4) is 0 Å². The monoisotopic (exact) mass is 204 g/mol. The lowest BCUT2D eigenvalue weighted by Crippen LogP contribution is -2.30. The summed E-state index contributed by atoms with van der Waals surface area (Å²) in [6.45, 7) is 2.22. The summed E-state index contributed by atoms with van der Waals surface area (Å²) in [5.74, 6) is 0. The summed E-state index contributed by atoms with van der Waals surface area (Å²) in [4.78, 5) is 0. The van der Waals surface area contributed by atoms with Crippen molar-refractivity contribution in [2.75, 3.05) is 0 Å². The number of hydrogen-bond donors (Lipinski definition) is 2. The van der Waals surface area contributed by atoms with Crippen LogP contribution in [-0.2, 0) is 0 Å². The van der Waals surface area contributed by atoms with Crippen molar-refractivity contribution in [2.45, 2.75) is 44.3 Å². The second-order valence-electron chi connectivity index (χ2n) is 4.57. The van der Waals surface area contributed by atoms with E-state index in [4.69, 9.17) is 5.73 Å². The van der Waals surface area contributed by atoms with Gasteiger partial charge in [-0.1, -0.05) is 30.3 Å². The molecule has 1 aliphatic carbocycles. The summed E-state index contributed by atoms with van der Waals surface area (Å²) in [6, 6.07) is 12.0. The Hall–Kier alpha value is -0.860. The summed E-state index contributed by atoms with van der Waals surface area (Å²) < 4.78 is 0. The van der Waals surface area contributed by atoms with Gasteiger partial charge in [-0.05, 0) is 31.7 Å². The van der Waals surface area contributed by atoms with Crippen LogP contribution in [0.1, 0.15) is 37.8 Å². The molecule has 0 bridgehead atoms. The summed E-state index contributed by atoms with van der Waals surface area (Å²) in [7, 11) is 0. The Labute approximate surface area is 91.9 Å². The van der Waals surface area contributed by atoms with Crippen LogP contribution in [0.4, 0.5) is 0 Å². The molecule has 1 saturated carbocycles. The van der Waals surface area contributed by atoms with Gasteiger partial charge in [-0.2, -0.15) is 0 Å². The van der Waals surface area contributed by atoms with Gasteiger partial charge in [0.1, 0.15) is 0 Å². The standard InChI is InChI=1S/C13H20N2/c1-10(11-5-3-2-4-6-11)15-13-8-7-12(14)9-13/h2-6,10,12-13,15H,7-9,14H2,1H3. The molecule has 1 aromatic carbocycles. The predicted molar refractivity (Wildman–Crippen MR) is 63.6 cm³/mol. The number of benzene rings is 1. The lowest BCUT2D eigenvalue weighted by atomic mass is 10.1. The van der Waals surface area contributed by atoms with Crippen LogP contribution < -0.4 is 11.1 Å². The zero-order chi connectivity index (χ0) is 10.7. The molecule has 2 rings (SSSR count). The van der Waals surface area contributed by atoms with Crippen molar-refractivity contribution < 1.29 is 0 Å². The van der Waals surface area contributed by atoms with Crippen LogP contribution in [-0.4, -0.2) is 12.1 Å². The first-order valence-electron chi connectivity index (χ1n) is 5.82. The third-order valence-electron chi connectivity index (χ3n) is 3.26. The van der Waals surface area contributed by atoms with Crippen molar-refractivity contribution in [1.29, 1.82) is 0 Å². The largest absolute Gasteiger partial charge is 0.328 e. The van der Waals surface area contributed by atoms with Gasteiger partial charge in [-0.15, -0.1) is 0 Å². The summed E-state index contributed by atoms with van der Waals surface area (Å²) >= 11 is 0. The predicted octanol–water partition coefficient (Wildman–Crippen LogP) is 2.22. The molecule has 0 spiro atoms. The first-order chi connectivity index (χ1) is 7.25. The van der Waals surface area contributed by atoms with Crippen molar-refractivity contribution in [1.82, 2.24) is 5.32 Å². The average molecular weight is 204 g/mol. The second-order valence-corrected chi connectivity index (χ2v) is 4.57. The van der Waals surface area contributed by atoms with Gasteiger partial charge in [-0.25, -0.2) is 0 Å². The van der Waals surface area contributed by atoms with E-state index in [-0.39, 0.29) is 0 Å². The molecule has 2 nitrogen and oxygen atoms in total. The van der Waals surface area contributed by atoms with E-state index in [1.807, 2.05) is 0 Å². The van der Waals surface area contributed by atoms with Crippen molar-refractivity contribution in [3.8, 4) is 0 Å². The third-order valence-corrected chi connectivity index (χ3v) is 3.26. The maximum absolute atomic E-state index is 5.90. The fourth-order valence-electron chi connectivity index (χ4n) is 2.36. The Morgan fingerprint density at radius 2 is 2.00 bits per heavy atom. The van der Waals surface area contributed by atoms with E-state index in [9.17, 15) is 0 Å². The van der Waals surface area contributed by atoms with E-state index >= 15 is 0 Å². The Balaban J connectivity index is 1.90. The molecule has 15 heavy (non-hydrogen) atoms. The number of nitrogens with two attached hydrogens (primary N) is 1. The number of hydrogen-bond acceptors (Lipinski definition) is 2. The normalized spacial score (nSPS) is 27.9. The maximum Gasteiger partial charge on any atom is 0.0294 e. The van der Waals surface area contributed by atoms with Gasteiger partial charge in [0.05, 0.1) is 0 Å². The molecular formula is C13H20N2. The lowest BCUT2D eigenvalue weighted by Gasteiger charge is -2.19. The summed E-state index contributed by atoms with van der Waals surface area (Å²) in [5.41, 5.74) is 7.26. The Bertz CT molecular complexity index is 297. The minimum Gasteiger partial charge on any atom is -0.328 e. The molecule has 3 unspecified atom stereocenters. The Morgan fingerprint density at radius 1 is 1.27 bits per heavy atom. The van der Waals surface area contributed by atoms with Crippen molar-refractivity contribution in [3.63, 3.8) is 0 Å². The SMILES string of the molecule is CC(NC1CCC(N)C1)c1ccccc1. The van der Waals surface area contributed by atoms with Gasteiger partial charge < -0.3 is 11.1 Å². The van der Waals surface area contributed by atoms with Crippen molar-refractivity contribution in [3.05, 3.63) is 35.9 Å². The molecule has 0 saturated heterocycles. The first kappa shape index (κ1) is 10.7. The fourth-order valence-corrected chi connectivity index (χ4v) is 2.36. The quantitative estimate of drug-likeness (QED) is 0.792. The first-order valence-corrected chi connectivity index (χ1v) is 5.82.